The lowest BCUT2D eigenvalue weighted by Gasteiger charge is -2.11. The number of nitrogens with one attached hydrogen (secondary N) is 1. The van der Waals surface area contributed by atoms with Crippen molar-refractivity contribution in [3.63, 3.8) is 0 Å². The number of benzene rings is 2. The predicted octanol–water partition coefficient (Wildman–Crippen LogP) is 3.37. The Morgan fingerprint density at radius 1 is 1.00 bits per heavy atom. The molecule has 0 aliphatic heterocycles. The fourth-order valence-corrected chi connectivity index (χ4v) is 2.36. The van der Waals surface area contributed by atoms with E-state index in [9.17, 15) is 18.4 Å². The zero-order chi connectivity index (χ0) is 16.6. The summed E-state index contributed by atoms with van der Waals surface area (Å²) in [7, 11) is 0. The van der Waals surface area contributed by atoms with Crippen molar-refractivity contribution < 1.29 is 18.7 Å². The first-order chi connectivity index (χ1) is 10.9. The molecule has 23 heavy (non-hydrogen) atoms. The molecule has 116 valence electrons. The van der Waals surface area contributed by atoms with E-state index in [2.05, 4.69) is 4.98 Å². The lowest BCUT2D eigenvalue weighted by Crippen LogP contribution is -2.32. The van der Waals surface area contributed by atoms with Crippen LogP contribution in [0.2, 0.25) is 0 Å². The second-order valence-corrected chi connectivity index (χ2v) is 5.06. The molecule has 6 heteroatoms. The van der Waals surface area contributed by atoms with E-state index in [4.69, 9.17) is 5.11 Å². The monoisotopic (exact) mass is 315 g/mol. The third-order valence-corrected chi connectivity index (χ3v) is 3.58. The molecule has 2 aromatic carbocycles. The highest BCUT2D eigenvalue weighted by molar-refractivity contribution is 5.86. The number of hydrogen-bond donors (Lipinski definition) is 2. The van der Waals surface area contributed by atoms with Gasteiger partial charge in [0.2, 0.25) is 0 Å². The molecule has 3 rings (SSSR count). The van der Waals surface area contributed by atoms with Gasteiger partial charge in [0.05, 0.1) is 5.56 Å². The quantitative estimate of drug-likeness (QED) is 0.778. The maximum absolute atomic E-state index is 13.5. The van der Waals surface area contributed by atoms with E-state index < -0.39 is 23.0 Å². The van der Waals surface area contributed by atoms with Gasteiger partial charge in [-0.1, -0.05) is 36.4 Å². The summed E-state index contributed by atoms with van der Waals surface area (Å²) in [5.74, 6) is -6.59. The maximum Gasteiger partial charge on any atom is 0.379 e. The van der Waals surface area contributed by atoms with Gasteiger partial charge in [0, 0.05) is 5.69 Å². The number of H-pyrrole nitrogens is 1. The Morgan fingerprint density at radius 2 is 1.70 bits per heavy atom. The molecule has 0 saturated carbocycles. The van der Waals surface area contributed by atoms with Gasteiger partial charge in [-0.05, 0) is 34.5 Å². The van der Waals surface area contributed by atoms with Crippen molar-refractivity contribution in [3.05, 3.63) is 70.5 Å². The summed E-state index contributed by atoms with van der Waals surface area (Å²) in [4.78, 5) is 24.7. The molecule has 0 aliphatic rings. The molecule has 0 bridgehead atoms. The van der Waals surface area contributed by atoms with Gasteiger partial charge in [-0.3, -0.25) is 4.79 Å². The van der Waals surface area contributed by atoms with Crippen molar-refractivity contribution in [2.45, 2.75) is 5.92 Å². The van der Waals surface area contributed by atoms with Crippen LogP contribution in [0.4, 0.5) is 8.78 Å². The molecule has 0 atom stereocenters. The molecule has 1 heterocycles. The summed E-state index contributed by atoms with van der Waals surface area (Å²) < 4.78 is 26.9. The average Bonchev–Trinajstić information content (AvgIpc) is 2.54. The van der Waals surface area contributed by atoms with Gasteiger partial charge in [0.1, 0.15) is 0 Å². The Morgan fingerprint density at radius 3 is 2.35 bits per heavy atom. The van der Waals surface area contributed by atoms with Crippen molar-refractivity contribution in [2.75, 3.05) is 0 Å². The zero-order valence-corrected chi connectivity index (χ0v) is 11.7. The minimum Gasteiger partial charge on any atom is -0.477 e. The van der Waals surface area contributed by atoms with E-state index in [0.717, 1.165) is 16.8 Å². The number of pyridine rings is 1. The van der Waals surface area contributed by atoms with E-state index in [0.29, 0.717) is 11.3 Å². The smallest absolute Gasteiger partial charge is 0.379 e. The fourth-order valence-electron chi connectivity index (χ4n) is 2.36. The Labute approximate surface area is 129 Å². The summed E-state index contributed by atoms with van der Waals surface area (Å²) in [6.07, 6.45) is 0. The van der Waals surface area contributed by atoms with E-state index in [1.165, 1.54) is 6.07 Å². The summed E-state index contributed by atoms with van der Waals surface area (Å²) in [6.45, 7) is 0. The minimum absolute atomic E-state index is 0.339. The van der Waals surface area contributed by atoms with Gasteiger partial charge >= 0.3 is 11.9 Å². The molecule has 0 fully saturated rings. The Kier molecular flexibility index (Phi) is 3.44. The Hall–Kier alpha value is -3.02. The number of aromatic nitrogens is 1. The first-order valence-electron chi connectivity index (χ1n) is 6.74. The molecule has 0 unspecified atom stereocenters. The molecule has 0 aliphatic carbocycles. The molecular formula is C17H11F2NO3. The van der Waals surface area contributed by atoms with Gasteiger partial charge < -0.3 is 10.1 Å². The molecule has 0 spiro atoms. The predicted molar refractivity (Wildman–Crippen MR) is 81.5 cm³/mol. The van der Waals surface area contributed by atoms with E-state index in [-0.39, 0.29) is 0 Å². The van der Waals surface area contributed by atoms with E-state index >= 15 is 0 Å². The standard InChI is InChI=1S/C17H11F2NO3/c18-17(19,16(22)23)13-7-8-14(20-15(13)21)12-6-5-10-3-1-2-4-11(10)9-12/h1-9H,(H,20,21)(H,22,23). The van der Waals surface area contributed by atoms with Crippen LogP contribution in [0.1, 0.15) is 5.56 Å². The molecule has 0 amide bonds. The fraction of sp³-hybridized carbons (Fsp3) is 0.0588. The molecule has 3 aromatic rings. The number of carboxylic acid groups (broad SMARTS) is 1. The SMILES string of the molecule is O=C(O)C(F)(F)c1ccc(-c2ccc3ccccc3c2)[nH]c1=O. The largest absolute Gasteiger partial charge is 0.477 e. The van der Waals surface area contributed by atoms with Crippen LogP contribution >= 0.6 is 0 Å². The number of alkyl halides is 2. The van der Waals surface area contributed by atoms with Crippen LogP contribution in [-0.4, -0.2) is 16.1 Å². The second kappa shape index (κ2) is 5.31. The Balaban J connectivity index is 2.09. The van der Waals surface area contributed by atoms with E-state index in [1.54, 1.807) is 6.07 Å². The van der Waals surface area contributed by atoms with Crippen molar-refractivity contribution in [2.24, 2.45) is 0 Å². The van der Waals surface area contributed by atoms with Gasteiger partial charge in [0.25, 0.3) is 5.56 Å². The maximum atomic E-state index is 13.5. The minimum atomic E-state index is -4.23. The summed E-state index contributed by atoms with van der Waals surface area (Å²) in [6, 6.07) is 15.1. The highest BCUT2D eigenvalue weighted by Gasteiger charge is 2.43. The number of rotatable bonds is 3. The molecular weight excluding hydrogens is 304 g/mol. The summed E-state index contributed by atoms with van der Waals surface area (Å²) in [5, 5.41) is 10.5. The summed E-state index contributed by atoms with van der Waals surface area (Å²) in [5.41, 5.74) is -1.23. The molecule has 1 aromatic heterocycles. The van der Waals surface area contributed by atoms with Crippen LogP contribution in [0.5, 0.6) is 0 Å². The third-order valence-electron chi connectivity index (χ3n) is 3.58. The summed E-state index contributed by atoms with van der Waals surface area (Å²) >= 11 is 0. The highest BCUT2D eigenvalue weighted by atomic mass is 19.3. The second-order valence-electron chi connectivity index (χ2n) is 5.06. The average molecular weight is 315 g/mol. The number of fused-ring (bicyclic) bond motifs is 1. The van der Waals surface area contributed by atoms with Gasteiger partial charge in [-0.25, -0.2) is 4.79 Å². The van der Waals surface area contributed by atoms with Gasteiger partial charge in [-0.2, -0.15) is 8.78 Å². The van der Waals surface area contributed by atoms with Crippen LogP contribution in [0.15, 0.2) is 59.4 Å². The highest BCUT2D eigenvalue weighted by Crippen LogP contribution is 2.27. The zero-order valence-electron chi connectivity index (χ0n) is 11.7. The molecule has 0 saturated heterocycles. The van der Waals surface area contributed by atoms with Crippen LogP contribution in [0.25, 0.3) is 22.0 Å². The number of hydrogen-bond acceptors (Lipinski definition) is 2. The van der Waals surface area contributed by atoms with Crippen LogP contribution < -0.4 is 5.56 Å². The number of halogens is 2. The van der Waals surface area contributed by atoms with Gasteiger partial charge in [-0.15, -0.1) is 0 Å². The van der Waals surface area contributed by atoms with E-state index in [1.807, 2.05) is 36.4 Å². The lowest BCUT2D eigenvalue weighted by atomic mass is 10.0. The first kappa shape index (κ1) is 14.9. The number of carboxylic acids is 1. The van der Waals surface area contributed by atoms with Gasteiger partial charge in [0.15, 0.2) is 0 Å². The molecule has 2 N–H and O–H groups in total. The van der Waals surface area contributed by atoms with Crippen molar-refractivity contribution in [3.8, 4) is 11.3 Å². The third kappa shape index (κ3) is 2.59. The van der Waals surface area contributed by atoms with Crippen molar-refractivity contribution in [1.82, 2.24) is 4.98 Å². The van der Waals surface area contributed by atoms with Crippen LogP contribution in [0, 0.1) is 0 Å². The molecule has 0 radical (unpaired) electrons. The van der Waals surface area contributed by atoms with Crippen molar-refractivity contribution >= 4 is 16.7 Å². The normalized spacial score (nSPS) is 11.6. The lowest BCUT2D eigenvalue weighted by molar-refractivity contribution is -0.166. The number of carbonyl (C=O) groups is 1. The van der Waals surface area contributed by atoms with Crippen LogP contribution in [-0.2, 0) is 10.7 Å². The number of aliphatic carboxylic acids is 1. The Bertz CT molecular complexity index is 963. The number of aromatic amines is 1. The first-order valence-corrected chi connectivity index (χ1v) is 6.74. The van der Waals surface area contributed by atoms with Crippen molar-refractivity contribution in [1.29, 1.82) is 0 Å². The molecule has 4 nitrogen and oxygen atoms in total. The van der Waals surface area contributed by atoms with Crippen LogP contribution in [0.3, 0.4) is 0 Å². The topological polar surface area (TPSA) is 70.2 Å².